The highest BCUT2D eigenvalue weighted by Crippen LogP contribution is 2.28. The van der Waals surface area contributed by atoms with Crippen LogP contribution in [0.3, 0.4) is 0 Å². The molecule has 0 saturated carbocycles. The van der Waals surface area contributed by atoms with Crippen molar-refractivity contribution in [2.24, 2.45) is 0 Å². The number of nitrogens with one attached hydrogen (secondary N) is 2. The van der Waals surface area contributed by atoms with Crippen molar-refractivity contribution in [1.29, 1.82) is 0 Å². The van der Waals surface area contributed by atoms with E-state index in [2.05, 4.69) is 39.0 Å². The van der Waals surface area contributed by atoms with Gasteiger partial charge in [-0.05, 0) is 44.2 Å². The molecule has 0 fully saturated rings. The van der Waals surface area contributed by atoms with E-state index in [1.54, 1.807) is 16.8 Å². The van der Waals surface area contributed by atoms with Gasteiger partial charge in [-0.2, -0.15) is 0 Å². The lowest BCUT2D eigenvalue weighted by molar-refractivity contribution is 0.102. The van der Waals surface area contributed by atoms with Crippen LogP contribution in [0.4, 0.5) is 17.3 Å². The van der Waals surface area contributed by atoms with Gasteiger partial charge in [-0.1, -0.05) is 0 Å². The summed E-state index contributed by atoms with van der Waals surface area (Å²) in [5, 5.41) is 3.00. The number of benzene rings is 2. The Bertz CT molecular complexity index is 1130. The summed E-state index contributed by atoms with van der Waals surface area (Å²) in [6.07, 6.45) is 0. The molecule has 1 amide bonds. The van der Waals surface area contributed by atoms with Gasteiger partial charge in [0.25, 0.3) is 5.91 Å². The number of nitrogen functional groups attached to an aromatic ring is 1. The number of nitrogens with zero attached hydrogens (tertiary/aromatic N) is 3. The molecule has 8 heteroatoms. The molecule has 2 heterocycles. The molecule has 0 spiro atoms. The summed E-state index contributed by atoms with van der Waals surface area (Å²) in [7, 11) is 0. The third kappa shape index (κ3) is 3.19. The number of anilines is 3. The molecular formula is C19H20N6OS. The maximum absolute atomic E-state index is 13.1. The van der Waals surface area contributed by atoms with Crippen LogP contribution in [0.15, 0.2) is 35.8 Å². The average Bonchev–Trinajstić information content (AvgIpc) is 3.26. The quantitative estimate of drug-likeness (QED) is 0.488. The van der Waals surface area contributed by atoms with Crippen LogP contribution in [0.1, 0.15) is 24.2 Å². The summed E-state index contributed by atoms with van der Waals surface area (Å²) in [6, 6.07) is 9.44. The van der Waals surface area contributed by atoms with E-state index in [9.17, 15) is 4.79 Å². The van der Waals surface area contributed by atoms with Crippen molar-refractivity contribution in [2.45, 2.75) is 13.8 Å². The SMILES string of the molecule is CCN(CC)c1cc2nc(N)[nH]c2cc1C(=O)Nc1ccc2ncsc2c1. The van der Waals surface area contributed by atoms with Gasteiger partial charge in [0.1, 0.15) is 0 Å². The van der Waals surface area contributed by atoms with Crippen molar-refractivity contribution < 1.29 is 4.79 Å². The smallest absolute Gasteiger partial charge is 0.257 e. The minimum Gasteiger partial charge on any atom is -0.371 e. The van der Waals surface area contributed by atoms with E-state index in [1.807, 2.05) is 30.3 Å². The fourth-order valence-corrected chi connectivity index (χ4v) is 3.92. The summed E-state index contributed by atoms with van der Waals surface area (Å²) in [5.74, 6) is 0.166. The molecule has 0 atom stereocenters. The van der Waals surface area contributed by atoms with Crippen LogP contribution in [0, 0.1) is 0 Å². The maximum atomic E-state index is 13.1. The van der Waals surface area contributed by atoms with Crippen LogP contribution in [0.25, 0.3) is 21.3 Å². The highest BCUT2D eigenvalue weighted by Gasteiger charge is 2.18. The van der Waals surface area contributed by atoms with Gasteiger partial charge in [-0.15, -0.1) is 11.3 Å². The number of nitrogens with two attached hydrogens (primary N) is 1. The van der Waals surface area contributed by atoms with Crippen LogP contribution >= 0.6 is 11.3 Å². The molecule has 0 saturated heterocycles. The highest BCUT2D eigenvalue weighted by atomic mass is 32.1. The van der Waals surface area contributed by atoms with Gasteiger partial charge in [-0.25, -0.2) is 9.97 Å². The Morgan fingerprint density at radius 3 is 2.81 bits per heavy atom. The number of amides is 1. The van der Waals surface area contributed by atoms with Gasteiger partial charge in [0.05, 0.1) is 38.0 Å². The number of hydrogen-bond donors (Lipinski definition) is 3. The lowest BCUT2D eigenvalue weighted by Gasteiger charge is -2.23. The first-order valence-corrected chi connectivity index (χ1v) is 9.65. The number of H-pyrrole nitrogens is 1. The largest absolute Gasteiger partial charge is 0.371 e. The van der Waals surface area contributed by atoms with Crippen molar-refractivity contribution in [3.8, 4) is 0 Å². The van der Waals surface area contributed by atoms with Crippen molar-refractivity contribution >= 4 is 55.8 Å². The Morgan fingerprint density at radius 1 is 1.22 bits per heavy atom. The molecule has 2 aromatic heterocycles. The zero-order valence-corrected chi connectivity index (χ0v) is 15.9. The van der Waals surface area contributed by atoms with Gasteiger partial charge < -0.3 is 20.9 Å². The van der Waals surface area contributed by atoms with E-state index in [1.165, 1.54) is 0 Å². The molecule has 0 aliphatic heterocycles. The third-order valence-corrected chi connectivity index (χ3v) is 5.35. The lowest BCUT2D eigenvalue weighted by Crippen LogP contribution is -2.25. The van der Waals surface area contributed by atoms with Crippen LogP contribution in [0.5, 0.6) is 0 Å². The number of fused-ring (bicyclic) bond motifs is 2. The summed E-state index contributed by atoms with van der Waals surface area (Å²) in [6.45, 7) is 5.70. The predicted octanol–water partition coefficient (Wildman–Crippen LogP) is 3.85. The Labute approximate surface area is 160 Å². The first-order chi connectivity index (χ1) is 13.1. The molecular weight excluding hydrogens is 360 g/mol. The molecule has 0 aliphatic rings. The second-order valence-electron chi connectivity index (χ2n) is 6.17. The van der Waals surface area contributed by atoms with Crippen LogP contribution in [-0.2, 0) is 0 Å². The lowest BCUT2D eigenvalue weighted by atomic mass is 10.1. The summed E-state index contributed by atoms with van der Waals surface area (Å²) < 4.78 is 1.04. The molecule has 4 N–H and O–H groups in total. The second-order valence-corrected chi connectivity index (χ2v) is 7.06. The van der Waals surface area contributed by atoms with Gasteiger partial charge in [0.2, 0.25) is 0 Å². The normalized spacial score (nSPS) is 11.2. The zero-order chi connectivity index (χ0) is 19.0. The molecule has 4 aromatic rings. The number of carbonyl (C=O) groups is 1. The van der Waals surface area contributed by atoms with E-state index < -0.39 is 0 Å². The summed E-state index contributed by atoms with van der Waals surface area (Å²) >= 11 is 1.55. The van der Waals surface area contributed by atoms with Crippen LogP contribution < -0.4 is 16.0 Å². The van der Waals surface area contributed by atoms with Gasteiger partial charge in [0, 0.05) is 18.8 Å². The van der Waals surface area contributed by atoms with Crippen molar-refractivity contribution in [3.63, 3.8) is 0 Å². The summed E-state index contributed by atoms with van der Waals surface area (Å²) in [5.41, 5.74) is 12.2. The number of aromatic amines is 1. The Kier molecular flexibility index (Phi) is 4.41. The second kappa shape index (κ2) is 6.88. The molecule has 0 radical (unpaired) electrons. The van der Waals surface area contributed by atoms with E-state index in [0.29, 0.717) is 11.5 Å². The molecule has 0 aliphatic carbocycles. The first-order valence-electron chi connectivity index (χ1n) is 8.77. The standard InChI is InChI=1S/C19H20N6OS/c1-3-25(4-2)16-9-15-14(23-19(20)24-15)8-12(16)18(26)22-11-5-6-13-17(7-11)27-10-21-13/h5-10H,3-4H2,1-2H3,(H,22,26)(H3,20,23,24). The van der Waals surface area contributed by atoms with Gasteiger partial charge in [-0.3, -0.25) is 4.79 Å². The number of carbonyl (C=O) groups excluding carboxylic acids is 1. The predicted molar refractivity (Wildman–Crippen MR) is 112 cm³/mol. The Morgan fingerprint density at radius 2 is 2.04 bits per heavy atom. The minimum atomic E-state index is -0.171. The van der Waals surface area contributed by atoms with Crippen LogP contribution in [0.2, 0.25) is 0 Å². The number of thiazole rings is 1. The van der Waals surface area contributed by atoms with E-state index in [-0.39, 0.29) is 5.91 Å². The molecule has 7 nitrogen and oxygen atoms in total. The van der Waals surface area contributed by atoms with Gasteiger partial charge in [0.15, 0.2) is 5.95 Å². The maximum Gasteiger partial charge on any atom is 0.257 e. The van der Waals surface area contributed by atoms with E-state index in [0.717, 1.165) is 45.7 Å². The third-order valence-electron chi connectivity index (χ3n) is 4.56. The monoisotopic (exact) mass is 380 g/mol. The Balaban J connectivity index is 1.75. The van der Waals surface area contributed by atoms with Crippen molar-refractivity contribution in [2.75, 3.05) is 29.0 Å². The number of imidazole rings is 1. The topological polar surface area (TPSA) is 99.9 Å². The molecule has 0 unspecified atom stereocenters. The highest BCUT2D eigenvalue weighted by molar-refractivity contribution is 7.16. The van der Waals surface area contributed by atoms with Crippen LogP contribution in [-0.4, -0.2) is 33.9 Å². The summed E-state index contributed by atoms with van der Waals surface area (Å²) in [4.78, 5) is 26.8. The number of hydrogen-bond acceptors (Lipinski definition) is 6. The number of aromatic nitrogens is 3. The van der Waals surface area contributed by atoms with Crippen molar-refractivity contribution in [1.82, 2.24) is 15.0 Å². The first kappa shape index (κ1) is 17.3. The molecule has 2 aromatic carbocycles. The fraction of sp³-hybridized carbons (Fsp3) is 0.211. The van der Waals surface area contributed by atoms with Crippen molar-refractivity contribution in [3.05, 3.63) is 41.4 Å². The molecule has 27 heavy (non-hydrogen) atoms. The molecule has 138 valence electrons. The Hall–Kier alpha value is -3.13. The zero-order valence-electron chi connectivity index (χ0n) is 15.1. The van der Waals surface area contributed by atoms with Gasteiger partial charge >= 0.3 is 0 Å². The molecule has 0 bridgehead atoms. The van der Waals surface area contributed by atoms with E-state index in [4.69, 9.17) is 5.73 Å². The average molecular weight is 380 g/mol. The molecule has 4 rings (SSSR count). The number of rotatable bonds is 5. The minimum absolute atomic E-state index is 0.171. The fourth-order valence-electron chi connectivity index (χ4n) is 3.20. The van der Waals surface area contributed by atoms with E-state index >= 15 is 0 Å².